The van der Waals surface area contributed by atoms with Gasteiger partial charge in [-0.1, -0.05) is 18.2 Å². The molecule has 0 unspecified atom stereocenters. The van der Waals surface area contributed by atoms with Gasteiger partial charge in [-0.05, 0) is 29.8 Å². The van der Waals surface area contributed by atoms with E-state index < -0.39 is 0 Å². The topological polar surface area (TPSA) is 56.0 Å². The third kappa shape index (κ3) is 3.00. The number of hydrogen-bond donors (Lipinski definition) is 0. The van der Waals surface area contributed by atoms with Gasteiger partial charge in [-0.25, -0.2) is 4.99 Å². The smallest absolute Gasteiger partial charge is 0.309 e. The average molecular weight is 299 g/mol. The molecule has 21 heavy (non-hydrogen) atoms. The normalized spacial score (nSPS) is 11.8. The van der Waals surface area contributed by atoms with Crippen LogP contribution in [0.25, 0.3) is 5.65 Å². The molecule has 3 rings (SSSR count). The number of pyridine rings is 1. The summed E-state index contributed by atoms with van der Waals surface area (Å²) in [5.74, 6) is -0.247. The van der Waals surface area contributed by atoms with Gasteiger partial charge in [0.15, 0.2) is 5.65 Å². The monoisotopic (exact) mass is 299 g/mol. The molecular formula is C15H13N3O2S. The number of rotatable bonds is 3. The number of methoxy groups -OCH3 is 1. The van der Waals surface area contributed by atoms with Gasteiger partial charge in [-0.15, -0.1) is 0 Å². The van der Waals surface area contributed by atoms with E-state index in [1.807, 2.05) is 53.1 Å². The lowest BCUT2D eigenvalue weighted by Gasteiger charge is -2.00. The lowest BCUT2D eigenvalue weighted by atomic mass is 10.1. The molecular weight excluding hydrogens is 286 g/mol. The van der Waals surface area contributed by atoms with Crippen molar-refractivity contribution in [1.82, 2.24) is 8.77 Å². The van der Waals surface area contributed by atoms with E-state index in [4.69, 9.17) is 0 Å². The van der Waals surface area contributed by atoms with Gasteiger partial charge in [0.25, 0.3) is 0 Å². The highest BCUT2D eigenvalue weighted by Gasteiger charge is 2.02. The summed E-state index contributed by atoms with van der Waals surface area (Å²) in [4.78, 5) is 16.6. The van der Waals surface area contributed by atoms with E-state index >= 15 is 0 Å². The van der Waals surface area contributed by atoms with Crippen molar-refractivity contribution in [3.8, 4) is 0 Å². The molecule has 5 nitrogen and oxygen atoms in total. The van der Waals surface area contributed by atoms with Gasteiger partial charge in [0.05, 0.1) is 19.2 Å². The largest absolute Gasteiger partial charge is 0.469 e. The number of benzene rings is 1. The lowest BCUT2D eigenvalue weighted by Crippen LogP contribution is -2.05. The lowest BCUT2D eigenvalue weighted by molar-refractivity contribution is -0.139. The van der Waals surface area contributed by atoms with Crippen molar-refractivity contribution in [2.75, 3.05) is 7.11 Å². The van der Waals surface area contributed by atoms with Gasteiger partial charge in [-0.3, -0.25) is 9.20 Å². The number of carbonyl (C=O) groups excluding carboxylic acids is 1. The van der Waals surface area contributed by atoms with Crippen LogP contribution in [0.2, 0.25) is 0 Å². The van der Waals surface area contributed by atoms with E-state index in [2.05, 4.69) is 14.1 Å². The molecule has 0 radical (unpaired) electrons. The predicted molar refractivity (Wildman–Crippen MR) is 80.5 cm³/mol. The first-order valence-corrected chi connectivity index (χ1v) is 7.17. The van der Waals surface area contributed by atoms with Gasteiger partial charge in [0.1, 0.15) is 0 Å². The molecule has 0 spiro atoms. The van der Waals surface area contributed by atoms with Crippen LogP contribution in [-0.4, -0.2) is 21.9 Å². The van der Waals surface area contributed by atoms with Gasteiger partial charge >= 0.3 is 5.97 Å². The van der Waals surface area contributed by atoms with Gasteiger partial charge in [0.2, 0.25) is 4.80 Å². The first-order chi connectivity index (χ1) is 10.3. The number of hydrogen-bond acceptors (Lipinski definition) is 5. The summed E-state index contributed by atoms with van der Waals surface area (Å²) in [5, 5.41) is 0. The molecule has 2 aromatic heterocycles. The van der Waals surface area contributed by atoms with Crippen LogP contribution in [0.4, 0.5) is 5.69 Å². The molecule has 0 saturated heterocycles. The van der Waals surface area contributed by atoms with E-state index in [1.54, 1.807) is 0 Å². The zero-order chi connectivity index (χ0) is 14.7. The molecule has 0 aliphatic rings. The second-order valence-electron chi connectivity index (χ2n) is 4.43. The van der Waals surface area contributed by atoms with Crippen molar-refractivity contribution in [2.24, 2.45) is 4.99 Å². The number of nitrogens with zero attached hydrogens (tertiary/aromatic N) is 3. The maximum absolute atomic E-state index is 11.2. The van der Waals surface area contributed by atoms with Crippen LogP contribution < -0.4 is 4.80 Å². The minimum absolute atomic E-state index is 0.247. The van der Waals surface area contributed by atoms with Crippen LogP contribution in [0.3, 0.4) is 0 Å². The van der Waals surface area contributed by atoms with Crippen molar-refractivity contribution < 1.29 is 9.53 Å². The van der Waals surface area contributed by atoms with Gasteiger partial charge in [0, 0.05) is 17.7 Å². The SMILES string of the molecule is COC(=O)Cc1ccc(N=c2snc3ccccn23)cc1. The summed E-state index contributed by atoms with van der Waals surface area (Å²) in [6.07, 6.45) is 2.21. The minimum atomic E-state index is -0.247. The van der Waals surface area contributed by atoms with Gasteiger partial charge in [-0.2, -0.15) is 4.37 Å². The minimum Gasteiger partial charge on any atom is -0.469 e. The second kappa shape index (κ2) is 5.88. The van der Waals surface area contributed by atoms with Gasteiger partial charge < -0.3 is 4.74 Å². The Balaban J connectivity index is 1.91. The Bertz CT molecular complexity index is 834. The Kier molecular flexibility index (Phi) is 3.79. The van der Waals surface area contributed by atoms with E-state index in [0.29, 0.717) is 0 Å². The average Bonchev–Trinajstić information content (AvgIpc) is 2.92. The number of aromatic nitrogens is 2. The molecule has 0 bridgehead atoms. The maximum atomic E-state index is 11.2. The number of fused-ring (bicyclic) bond motifs is 1. The van der Waals surface area contributed by atoms with Crippen molar-refractivity contribution in [2.45, 2.75) is 6.42 Å². The summed E-state index contributed by atoms with van der Waals surface area (Å²) < 4.78 is 10.9. The van der Waals surface area contributed by atoms with E-state index in [0.717, 1.165) is 21.7 Å². The molecule has 1 aromatic carbocycles. The third-order valence-electron chi connectivity index (χ3n) is 3.00. The van der Waals surface area contributed by atoms with Crippen molar-refractivity contribution >= 4 is 28.8 Å². The Morgan fingerprint density at radius 3 is 2.86 bits per heavy atom. The number of ether oxygens (including phenoxy) is 1. The predicted octanol–water partition coefficient (Wildman–Crippen LogP) is 2.34. The molecule has 3 aromatic rings. The molecule has 0 N–H and O–H groups in total. The first kappa shape index (κ1) is 13.5. The second-order valence-corrected chi connectivity index (χ2v) is 5.16. The molecule has 0 fully saturated rings. The van der Waals surface area contributed by atoms with E-state index in [1.165, 1.54) is 18.6 Å². The molecule has 0 atom stereocenters. The molecule has 2 heterocycles. The van der Waals surface area contributed by atoms with Crippen LogP contribution in [0.15, 0.2) is 53.7 Å². The number of carbonyl (C=O) groups is 1. The zero-order valence-corrected chi connectivity index (χ0v) is 12.2. The summed E-state index contributed by atoms with van der Waals surface area (Å²) in [7, 11) is 1.39. The van der Waals surface area contributed by atoms with Crippen LogP contribution in [0, 0.1) is 0 Å². The van der Waals surface area contributed by atoms with Crippen LogP contribution in [-0.2, 0) is 16.0 Å². The van der Waals surface area contributed by atoms with Crippen molar-refractivity contribution in [3.05, 3.63) is 59.0 Å². The third-order valence-corrected chi connectivity index (χ3v) is 3.73. The summed E-state index contributed by atoms with van der Waals surface area (Å²) in [5.41, 5.74) is 2.61. The molecule has 106 valence electrons. The Hall–Kier alpha value is -2.47. The molecule has 6 heteroatoms. The van der Waals surface area contributed by atoms with Crippen molar-refractivity contribution in [3.63, 3.8) is 0 Å². The Labute approximate surface area is 125 Å². The quantitative estimate of drug-likeness (QED) is 0.698. The highest BCUT2D eigenvalue weighted by atomic mass is 32.1. The molecule has 0 amide bonds. The summed E-state index contributed by atoms with van der Waals surface area (Å²) in [6.45, 7) is 0. The summed E-state index contributed by atoms with van der Waals surface area (Å²) >= 11 is 1.35. The van der Waals surface area contributed by atoms with Crippen LogP contribution in [0.5, 0.6) is 0 Å². The molecule has 0 aliphatic heterocycles. The maximum Gasteiger partial charge on any atom is 0.309 e. The standard InChI is InChI=1S/C15H13N3O2S/c1-20-14(19)10-11-5-7-12(8-6-11)16-15-18-9-3-2-4-13(18)17-21-15/h2-9H,10H2,1H3. The Morgan fingerprint density at radius 2 is 2.10 bits per heavy atom. The first-order valence-electron chi connectivity index (χ1n) is 6.40. The van der Waals surface area contributed by atoms with E-state index in [-0.39, 0.29) is 12.4 Å². The zero-order valence-electron chi connectivity index (χ0n) is 11.4. The molecule has 0 saturated carbocycles. The highest BCUT2D eigenvalue weighted by Crippen LogP contribution is 2.13. The number of esters is 1. The van der Waals surface area contributed by atoms with E-state index in [9.17, 15) is 4.79 Å². The Morgan fingerprint density at radius 1 is 1.29 bits per heavy atom. The van der Waals surface area contributed by atoms with Crippen molar-refractivity contribution in [1.29, 1.82) is 0 Å². The fourth-order valence-corrected chi connectivity index (χ4v) is 2.63. The molecule has 0 aliphatic carbocycles. The van der Waals surface area contributed by atoms with Crippen LogP contribution >= 0.6 is 11.5 Å². The fraction of sp³-hybridized carbons (Fsp3) is 0.133. The highest BCUT2D eigenvalue weighted by molar-refractivity contribution is 7.03. The summed E-state index contributed by atoms with van der Waals surface area (Å²) in [6, 6.07) is 13.4. The van der Waals surface area contributed by atoms with Crippen LogP contribution in [0.1, 0.15) is 5.56 Å². The fourth-order valence-electron chi connectivity index (χ4n) is 1.91.